The summed E-state index contributed by atoms with van der Waals surface area (Å²) in [4.78, 5) is 17.3. The van der Waals surface area contributed by atoms with Crippen LogP contribution in [0.5, 0.6) is 5.75 Å². The Kier molecular flexibility index (Phi) is 5.18. The summed E-state index contributed by atoms with van der Waals surface area (Å²) in [5, 5.41) is 0. The van der Waals surface area contributed by atoms with Gasteiger partial charge in [0.2, 0.25) is 5.91 Å². The molecule has 0 radical (unpaired) electrons. The van der Waals surface area contributed by atoms with Gasteiger partial charge < -0.3 is 14.4 Å². The molecule has 1 aromatic rings. The van der Waals surface area contributed by atoms with Crippen LogP contribution < -0.4 is 4.74 Å². The first kappa shape index (κ1) is 17.8. The first-order valence-electron chi connectivity index (χ1n) is 9.96. The van der Waals surface area contributed by atoms with Gasteiger partial charge in [0.15, 0.2) is 0 Å². The predicted molar refractivity (Wildman–Crippen MR) is 100 cm³/mol. The van der Waals surface area contributed by atoms with Crippen molar-refractivity contribution in [1.82, 2.24) is 9.80 Å². The number of carbonyl (C=O) groups is 1. The van der Waals surface area contributed by atoms with Gasteiger partial charge in [-0.15, -0.1) is 0 Å². The van der Waals surface area contributed by atoms with Crippen LogP contribution in [0.2, 0.25) is 0 Å². The second kappa shape index (κ2) is 7.57. The Balaban J connectivity index is 1.28. The number of amides is 1. The molecule has 5 nitrogen and oxygen atoms in total. The van der Waals surface area contributed by atoms with Gasteiger partial charge in [0.1, 0.15) is 5.75 Å². The number of hydrogen-bond acceptors (Lipinski definition) is 4. The summed E-state index contributed by atoms with van der Waals surface area (Å²) >= 11 is 0. The van der Waals surface area contributed by atoms with Crippen LogP contribution in [0.1, 0.15) is 37.7 Å². The number of ether oxygens (including phenoxy) is 2. The molecular weight excluding hydrogens is 328 g/mol. The molecule has 4 rings (SSSR count). The lowest BCUT2D eigenvalue weighted by molar-refractivity contribution is -0.135. The fourth-order valence-corrected chi connectivity index (χ4v) is 4.70. The monoisotopic (exact) mass is 358 g/mol. The molecule has 0 saturated carbocycles. The molecule has 1 amide bonds. The Labute approximate surface area is 156 Å². The van der Waals surface area contributed by atoms with Gasteiger partial charge in [0.05, 0.1) is 25.7 Å². The van der Waals surface area contributed by atoms with Crippen LogP contribution in [0.15, 0.2) is 24.3 Å². The predicted octanol–water partition coefficient (Wildman–Crippen LogP) is 2.48. The molecule has 3 fully saturated rings. The van der Waals surface area contributed by atoms with Gasteiger partial charge in [0.25, 0.3) is 0 Å². The van der Waals surface area contributed by atoms with Crippen LogP contribution in [-0.4, -0.2) is 67.2 Å². The summed E-state index contributed by atoms with van der Waals surface area (Å²) in [6, 6.07) is 8.38. The Bertz CT molecular complexity index is 617. The number of likely N-dealkylation sites (tertiary alicyclic amines) is 2. The minimum Gasteiger partial charge on any atom is -0.497 e. The highest BCUT2D eigenvalue weighted by atomic mass is 16.5. The van der Waals surface area contributed by atoms with E-state index in [2.05, 4.69) is 4.90 Å². The normalized spacial score (nSPS) is 25.7. The number of carbonyl (C=O) groups excluding carboxylic acids is 1. The topological polar surface area (TPSA) is 42.0 Å². The molecule has 5 heteroatoms. The highest BCUT2D eigenvalue weighted by molar-refractivity contribution is 5.79. The number of nitrogens with zero attached hydrogens (tertiary/aromatic N) is 2. The molecule has 3 heterocycles. The van der Waals surface area contributed by atoms with Crippen molar-refractivity contribution in [3.05, 3.63) is 29.8 Å². The SMILES string of the molecule is COc1ccc(CC(=O)N2CCC3(CC2)C[C@H](N2CCCC2)CO3)cc1. The molecule has 1 atom stereocenters. The molecule has 1 aromatic carbocycles. The number of hydrogen-bond donors (Lipinski definition) is 0. The minimum absolute atomic E-state index is 0.0180. The molecule has 0 unspecified atom stereocenters. The largest absolute Gasteiger partial charge is 0.497 e. The molecule has 26 heavy (non-hydrogen) atoms. The van der Waals surface area contributed by atoms with Crippen molar-refractivity contribution in [3.8, 4) is 5.75 Å². The molecular formula is C21H30N2O3. The average molecular weight is 358 g/mol. The van der Waals surface area contributed by atoms with Crippen LogP contribution >= 0.6 is 0 Å². The van der Waals surface area contributed by atoms with Gasteiger partial charge in [-0.1, -0.05) is 12.1 Å². The third-order valence-electron chi connectivity index (χ3n) is 6.39. The van der Waals surface area contributed by atoms with E-state index in [1.807, 2.05) is 29.2 Å². The molecule has 3 aliphatic rings. The lowest BCUT2D eigenvalue weighted by Crippen LogP contribution is -2.47. The van der Waals surface area contributed by atoms with Crippen molar-refractivity contribution < 1.29 is 14.3 Å². The summed E-state index contributed by atoms with van der Waals surface area (Å²) in [5.41, 5.74) is 1.06. The Morgan fingerprint density at radius 2 is 1.85 bits per heavy atom. The Hall–Kier alpha value is -1.59. The second-order valence-electron chi connectivity index (χ2n) is 8.00. The fourth-order valence-electron chi connectivity index (χ4n) is 4.70. The maximum Gasteiger partial charge on any atom is 0.226 e. The summed E-state index contributed by atoms with van der Waals surface area (Å²) in [6.07, 6.45) is 6.23. The minimum atomic E-state index is 0.0180. The van der Waals surface area contributed by atoms with Gasteiger partial charge in [0, 0.05) is 19.1 Å². The van der Waals surface area contributed by atoms with Crippen LogP contribution in [0.4, 0.5) is 0 Å². The number of benzene rings is 1. The summed E-state index contributed by atoms with van der Waals surface area (Å²) < 4.78 is 11.5. The van der Waals surface area contributed by atoms with E-state index in [1.165, 1.54) is 25.9 Å². The van der Waals surface area contributed by atoms with Gasteiger partial charge in [-0.3, -0.25) is 9.69 Å². The smallest absolute Gasteiger partial charge is 0.226 e. The van der Waals surface area contributed by atoms with Crippen molar-refractivity contribution in [2.45, 2.75) is 50.2 Å². The molecule has 142 valence electrons. The zero-order valence-corrected chi connectivity index (χ0v) is 15.8. The fraction of sp³-hybridized carbons (Fsp3) is 0.667. The summed E-state index contributed by atoms with van der Waals surface area (Å²) in [6.45, 7) is 4.98. The highest BCUT2D eigenvalue weighted by Gasteiger charge is 2.45. The van der Waals surface area contributed by atoms with Crippen molar-refractivity contribution >= 4 is 5.91 Å². The number of rotatable bonds is 4. The van der Waals surface area contributed by atoms with E-state index in [1.54, 1.807) is 7.11 Å². The Morgan fingerprint density at radius 1 is 1.15 bits per heavy atom. The number of methoxy groups -OCH3 is 1. The van der Waals surface area contributed by atoms with E-state index < -0.39 is 0 Å². The van der Waals surface area contributed by atoms with Crippen LogP contribution in [0, 0.1) is 0 Å². The van der Waals surface area contributed by atoms with Crippen molar-refractivity contribution in [2.75, 3.05) is 39.9 Å². The van der Waals surface area contributed by atoms with Crippen molar-refractivity contribution in [1.29, 1.82) is 0 Å². The highest BCUT2D eigenvalue weighted by Crippen LogP contribution is 2.38. The summed E-state index contributed by atoms with van der Waals surface area (Å²) in [7, 11) is 1.66. The van der Waals surface area contributed by atoms with Gasteiger partial charge >= 0.3 is 0 Å². The van der Waals surface area contributed by atoms with Crippen LogP contribution in [0.25, 0.3) is 0 Å². The molecule has 0 aromatic heterocycles. The molecule has 3 aliphatic heterocycles. The van der Waals surface area contributed by atoms with Gasteiger partial charge in [-0.25, -0.2) is 0 Å². The second-order valence-corrected chi connectivity index (χ2v) is 8.00. The van der Waals surface area contributed by atoms with Crippen molar-refractivity contribution in [2.24, 2.45) is 0 Å². The summed E-state index contributed by atoms with van der Waals surface area (Å²) in [5.74, 6) is 1.05. The maximum atomic E-state index is 12.6. The maximum absolute atomic E-state index is 12.6. The van der Waals surface area contributed by atoms with E-state index in [0.717, 1.165) is 50.3 Å². The van der Waals surface area contributed by atoms with E-state index in [9.17, 15) is 4.79 Å². The molecule has 3 saturated heterocycles. The van der Waals surface area contributed by atoms with E-state index in [-0.39, 0.29) is 11.5 Å². The van der Waals surface area contributed by atoms with Gasteiger partial charge in [-0.2, -0.15) is 0 Å². The first-order valence-corrected chi connectivity index (χ1v) is 9.96. The zero-order valence-electron chi connectivity index (χ0n) is 15.8. The van der Waals surface area contributed by atoms with Crippen LogP contribution in [0.3, 0.4) is 0 Å². The van der Waals surface area contributed by atoms with E-state index in [4.69, 9.17) is 9.47 Å². The lowest BCUT2D eigenvalue weighted by atomic mass is 9.87. The quantitative estimate of drug-likeness (QED) is 0.829. The molecule has 1 spiro atoms. The van der Waals surface area contributed by atoms with E-state index in [0.29, 0.717) is 12.5 Å². The van der Waals surface area contributed by atoms with E-state index >= 15 is 0 Å². The Morgan fingerprint density at radius 3 is 2.50 bits per heavy atom. The third kappa shape index (κ3) is 3.74. The number of piperidine rings is 1. The third-order valence-corrected chi connectivity index (χ3v) is 6.39. The van der Waals surface area contributed by atoms with Crippen molar-refractivity contribution in [3.63, 3.8) is 0 Å². The molecule has 0 aliphatic carbocycles. The standard InChI is InChI=1S/C21H30N2O3/c1-25-19-6-4-17(5-7-19)14-20(24)23-12-8-21(9-13-23)15-18(16-26-21)22-10-2-3-11-22/h4-7,18H,2-3,8-16H2,1H3/t18-/m0/s1. The zero-order chi connectivity index (χ0) is 18.0. The average Bonchev–Trinajstić information content (AvgIpc) is 3.33. The molecule has 0 N–H and O–H groups in total. The first-order chi connectivity index (χ1) is 12.7. The van der Waals surface area contributed by atoms with Crippen LogP contribution in [-0.2, 0) is 16.0 Å². The van der Waals surface area contributed by atoms with Gasteiger partial charge in [-0.05, 0) is 62.9 Å². The molecule has 0 bridgehead atoms. The lowest BCUT2D eigenvalue weighted by Gasteiger charge is -2.39.